The Labute approximate surface area is 151 Å². The second kappa shape index (κ2) is 8.73. The number of nitrogens with one attached hydrogen (secondary N) is 1. The average molecular weight is 359 g/mol. The third-order valence-electron chi connectivity index (χ3n) is 4.31. The van der Waals surface area contributed by atoms with Crippen molar-refractivity contribution in [2.24, 2.45) is 0 Å². The van der Waals surface area contributed by atoms with E-state index in [0.717, 1.165) is 12.1 Å². The number of piperidine rings is 1. The van der Waals surface area contributed by atoms with Gasteiger partial charge in [-0.25, -0.2) is 4.39 Å². The van der Waals surface area contributed by atoms with Crippen LogP contribution >= 0.6 is 0 Å². The number of hydrogen-bond donors (Lipinski definition) is 2. The molecule has 0 radical (unpaired) electrons. The van der Waals surface area contributed by atoms with Crippen molar-refractivity contribution in [1.82, 2.24) is 15.2 Å². The molecule has 138 valence electrons. The number of amides is 1. The molecule has 1 aliphatic heterocycles. The van der Waals surface area contributed by atoms with Crippen molar-refractivity contribution in [2.45, 2.75) is 25.1 Å². The standard InChI is InChI=1S/C19H22FN3O3/c20-15-4-1-5-16(9-15)26-13-19(25)22-17-6-8-23(12-18(17)24)11-14-3-2-7-21-10-14/h1-5,7,9-10,17-18,24H,6,8,11-13H2,(H,22,25)/t17-,18-/m1/s1. The summed E-state index contributed by atoms with van der Waals surface area (Å²) >= 11 is 0. The molecular formula is C19H22FN3O3. The minimum Gasteiger partial charge on any atom is -0.484 e. The van der Waals surface area contributed by atoms with Gasteiger partial charge in [-0.3, -0.25) is 14.7 Å². The Morgan fingerprint density at radius 1 is 1.38 bits per heavy atom. The number of nitrogens with zero attached hydrogens (tertiary/aromatic N) is 2. The van der Waals surface area contributed by atoms with Gasteiger partial charge in [-0.2, -0.15) is 0 Å². The molecule has 1 saturated heterocycles. The fourth-order valence-electron chi connectivity index (χ4n) is 3.01. The van der Waals surface area contributed by atoms with Gasteiger partial charge >= 0.3 is 0 Å². The molecule has 0 aliphatic carbocycles. The van der Waals surface area contributed by atoms with E-state index in [4.69, 9.17) is 4.74 Å². The molecule has 2 N–H and O–H groups in total. The molecule has 1 aliphatic rings. The van der Waals surface area contributed by atoms with Crippen molar-refractivity contribution in [1.29, 1.82) is 0 Å². The number of ether oxygens (including phenoxy) is 1. The highest BCUT2D eigenvalue weighted by molar-refractivity contribution is 5.77. The quantitative estimate of drug-likeness (QED) is 0.814. The highest BCUT2D eigenvalue weighted by atomic mass is 19.1. The van der Waals surface area contributed by atoms with E-state index in [1.54, 1.807) is 12.3 Å². The summed E-state index contributed by atoms with van der Waals surface area (Å²) in [4.78, 5) is 18.2. The van der Waals surface area contributed by atoms with Crippen molar-refractivity contribution >= 4 is 5.91 Å². The first-order chi connectivity index (χ1) is 12.6. The number of rotatable bonds is 6. The molecule has 0 unspecified atom stereocenters. The smallest absolute Gasteiger partial charge is 0.258 e. The van der Waals surface area contributed by atoms with Gasteiger partial charge in [0.2, 0.25) is 0 Å². The van der Waals surface area contributed by atoms with Crippen LogP contribution in [0.2, 0.25) is 0 Å². The number of carbonyl (C=O) groups excluding carboxylic acids is 1. The van der Waals surface area contributed by atoms with Crippen LogP contribution in [0, 0.1) is 5.82 Å². The third kappa shape index (κ3) is 5.24. The highest BCUT2D eigenvalue weighted by Gasteiger charge is 2.28. The number of aliphatic hydroxyl groups excluding tert-OH is 1. The van der Waals surface area contributed by atoms with Gasteiger partial charge in [0.05, 0.1) is 12.1 Å². The summed E-state index contributed by atoms with van der Waals surface area (Å²) in [5, 5.41) is 13.1. The lowest BCUT2D eigenvalue weighted by Crippen LogP contribution is -2.54. The zero-order valence-corrected chi connectivity index (χ0v) is 14.3. The zero-order valence-electron chi connectivity index (χ0n) is 14.3. The van der Waals surface area contributed by atoms with Crippen molar-refractivity contribution in [3.8, 4) is 5.75 Å². The first-order valence-electron chi connectivity index (χ1n) is 8.57. The Morgan fingerprint density at radius 2 is 2.27 bits per heavy atom. The summed E-state index contributed by atoms with van der Waals surface area (Å²) in [7, 11) is 0. The molecule has 3 rings (SSSR count). The van der Waals surface area contributed by atoms with Gasteiger partial charge in [0.25, 0.3) is 5.91 Å². The molecule has 2 atom stereocenters. The number of benzene rings is 1. The van der Waals surface area contributed by atoms with E-state index in [2.05, 4.69) is 15.2 Å². The molecule has 1 amide bonds. The molecule has 0 saturated carbocycles. The zero-order chi connectivity index (χ0) is 18.4. The molecule has 2 heterocycles. The lowest BCUT2D eigenvalue weighted by Gasteiger charge is -2.36. The molecular weight excluding hydrogens is 337 g/mol. The molecule has 0 spiro atoms. The number of likely N-dealkylation sites (tertiary alicyclic amines) is 1. The first kappa shape index (κ1) is 18.3. The Bertz CT molecular complexity index is 729. The van der Waals surface area contributed by atoms with Crippen LogP contribution in [0.15, 0.2) is 48.8 Å². The van der Waals surface area contributed by atoms with E-state index in [0.29, 0.717) is 25.3 Å². The van der Waals surface area contributed by atoms with Crippen molar-refractivity contribution in [2.75, 3.05) is 19.7 Å². The Morgan fingerprint density at radius 3 is 3.00 bits per heavy atom. The minimum absolute atomic E-state index is 0.216. The molecule has 0 bridgehead atoms. The van der Waals surface area contributed by atoms with Gasteiger partial charge < -0.3 is 15.2 Å². The second-order valence-corrected chi connectivity index (χ2v) is 6.37. The maximum atomic E-state index is 13.1. The van der Waals surface area contributed by atoms with Gasteiger partial charge in [-0.05, 0) is 30.2 Å². The summed E-state index contributed by atoms with van der Waals surface area (Å²) in [6.07, 6.45) is 3.53. The number of aromatic nitrogens is 1. The highest BCUT2D eigenvalue weighted by Crippen LogP contribution is 2.15. The lowest BCUT2D eigenvalue weighted by molar-refractivity contribution is -0.125. The maximum absolute atomic E-state index is 13.1. The number of hydrogen-bond acceptors (Lipinski definition) is 5. The van der Waals surface area contributed by atoms with E-state index in [-0.39, 0.29) is 18.6 Å². The SMILES string of the molecule is O=C(COc1cccc(F)c1)N[C@@H]1CCN(Cc2cccnc2)C[C@H]1O. The molecule has 1 fully saturated rings. The van der Waals surface area contributed by atoms with Crippen molar-refractivity contribution in [3.05, 3.63) is 60.2 Å². The third-order valence-corrected chi connectivity index (χ3v) is 4.31. The molecule has 1 aromatic heterocycles. The summed E-state index contributed by atoms with van der Waals surface area (Å²) in [6.45, 7) is 1.74. The van der Waals surface area contributed by atoms with Crippen LogP contribution in [0.5, 0.6) is 5.75 Å². The molecule has 6 nitrogen and oxygen atoms in total. The van der Waals surface area contributed by atoms with Crippen LogP contribution in [0.1, 0.15) is 12.0 Å². The van der Waals surface area contributed by atoms with Gasteiger partial charge in [0.15, 0.2) is 6.61 Å². The maximum Gasteiger partial charge on any atom is 0.258 e. The second-order valence-electron chi connectivity index (χ2n) is 6.37. The Hall–Kier alpha value is -2.51. The normalized spacial score (nSPS) is 20.5. The average Bonchev–Trinajstić information content (AvgIpc) is 2.63. The van der Waals surface area contributed by atoms with Crippen LogP contribution in [0.25, 0.3) is 0 Å². The summed E-state index contributed by atoms with van der Waals surface area (Å²) in [5.74, 6) is -0.453. The molecule has 1 aromatic carbocycles. The number of pyridine rings is 1. The van der Waals surface area contributed by atoms with Crippen LogP contribution < -0.4 is 10.1 Å². The Balaban J connectivity index is 1.43. The summed E-state index contributed by atoms with van der Waals surface area (Å²) in [5.41, 5.74) is 1.09. The van der Waals surface area contributed by atoms with E-state index >= 15 is 0 Å². The fourth-order valence-corrected chi connectivity index (χ4v) is 3.01. The van der Waals surface area contributed by atoms with E-state index in [1.165, 1.54) is 18.2 Å². The number of β-amino-alcohol motifs (C(OH)–C–C–N with tert-alkyl or cyclic N) is 1. The molecule has 2 aromatic rings. The fraction of sp³-hybridized carbons (Fsp3) is 0.368. The predicted octanol–water partition coefficient (Wildman–Crippen LogP) is 1.35. The Kier molecular flexibility index (Phi) is 6.14. The van der Waals surface area contributed by atoms with Gasteiger partial charge in [-0.15, -0.1) is 0 Å². The largest absolute Gasteiger partial charge is 0.484 e. The number of carbonyl (C=O) groups is 1. The summed E-state index contributed by atoms with van der Waals surface area (Å²) in [6, 6.07) is 9.20. The predicted molar refractivity (Wildman–Crippen MR) is 94.0 cm³/mol. The van der Waals surface area contributed by atoms with Crippen LogP contribution in [0.4, 0.5) is 4.39 Å². The van der Waals surface area contributed by atoms with Crippen LogP contribution in [-0.2, 0) is 11.3 Å². The lowest BCUT2D eigenvalue weighted by atomic mass is 10.0. The monoisotopic (exact) mass is 359 g/mol. The van der Waals surface area contributed by atoms with Crippen LogP contribution in [-0.4, -0.2) is 52.7 Å². The van der Waals surface area contributed by atoms with Crippen molar-refractivity contribution < 1.29 is 19.0 Å². The molecule has 7 heteroatoms. The van der Waals surface area contributed by atoms with E-state index < -0.39 is 11.9 Å². The number of aliphatic hydroxyl groups is 1. The minimum atomic E-state index is -0.654. The topological polar surface area (TPSA) is 74.7 Å². The van der Waals surface area contributed by atoms with E-state index in [9.17, 15) is 14.3 Å². The number of halogens is 1. The summed E-state index contributed by atoms with van der Waals surface area (Å²) < 4.78 is 18.4. The van der Waals surface area contributed by atoms with Crippen LogP contribution in [0.3, 0.4) is 0 Å². The van der Waals surface area contributed by atoms with Crippen molar-refractivity contribution in [3.63, 3.8) is 0 Å². The van der Waals surface area contributed by atoms with Gasteiger partial charge in [-0.1, -0.05) is 12.1 Å². The van der Waals surface area contributed by atoms with Gasteiger partial charge in [0.1, 0.15) is 11.6 Å². The van der Waals surface area contributed by atoms with E-state index in [1.807, 2.05) is 18.3 Å². The van der Waals surface area contributed by atoms with Gasteiger partial charge in [0, 0.05) is 38.1 Å². The molecule has 26 heavy (non-hydrogen) atoms. The first-order valence-corrected chi connectivity index (χ1v) is 8.57.